The van der Waals surface area contributed by atoms with Gasteiger partial charge in [0.2, 0.25) is 0 Å². The summed E-state index contributed by atoms with van der Waals surface area (Å²) in [5, 5.41) is 9.05. The average molecular weight is 350 g/mol. The second-order valence-electron chi connectivity index (χ2n) is 4.80. The zero-order valence-corrected chi connectivity index (χ0v) is 14.0. The predicted molar refractivity (Wildman–Crippen MR) is 90.2 cm³/mol. The molecule has 24 heavy (non-hydrogen) atoms. The van der Waals surface area contributed by atoms with Crippen LogP contribution in [0.15, 0.2) is 41.2 Å². The Morgan fingerprint density at radius 2 is 2.04 bits per heavy atom. The van der Waals surface area contributed by atoms with Gasteiger partial charge < -0.3 is 14.7 Å². The Morgan fingerprint density at radius 3 is 2.71 bits per heavy atom. The smallest absolute Gasteiger partial charge is 0.354 e. The first-order chi connectivity index (χ1) is 11.6. The molecule has 1 heterocycles. The zero-order valence-electron chi connectivity index (χ0n) is 13.2. The molecule has 0 spiro atoms. The van der Waals surface area contributed by atoms with Crippen molar-refractivity contribution in [1.82, 2.24) is 9.71 Å². The number of carbonyl (C=O) groups is 1. The van der Waals surface area contributed by atoms with Crippen LogP contribution in [0.2, 0.25) is 0 Å². The van der Waals surface area contributed by atoms with Crippen LogP contribution in [-0.2, 0) is 18.0 Å². The number of benzene rings is 1. The highest BCUT2D eigenvalue weighted by atomic mass is 32.2. The lowest BCUT2D eigenvalue weighted by Crippen LogP contribution is -2.32. The summed E-state index contributed by atoms with van der Waals surface area (Å²) in [6, 6.07) is 10.2. The van der Waals surface area contributed by atoms with Crippen LogP contribution in [0.25, 0.3) is 0 Å². The van der Waals surface area contributed by atoms with Gasteiger partial charge in [-0.3, -0.25) is 4.79 Å². The number of hydrogen-bond donors (Lipinski definition) is 1. The maximum atomic E-state index is 12.2. The molecule has 0 radical (unpaired) electrons. The summed E-state index contributed by atoms with van der Waals surface area (Å²) in [6.45, 7) is 0.616. The third kappa shape index (κ3) is 5.10. The fraction of sp³-hybridized carbons (Fsp3) is 0.312. The number of nitrogens with zero attached hydrogens (tertiary/aromatic N) is 2. The zero-order chi connectivity index (χ0) is 17.4. The van der Waals surface area contributed by atoms with Crippen molar-refractivity contribution in [3.05, 3.63) is 63.8 Å². The van der Waals surface area contributed by atoms with Gasteiger partial charge in [0.25, 0.3) is 5.56 Å². The Balaban J connectivity index is 2.19. The number of thioether (sulfide) groups is 1. The van der Waals surface area contributed by atoms with Crippen LogP contribution in [0.5, 0.6) is 0 Å². The molecule has 0 saturated carbocycles. The molecule has 0 saturated heterocycles. The Morgan fingerprint density at radius 1 is 1.29 bits per heavy atom. The van der Waals surface area contributed by atoms with Gasteiger partial charge in [-0.15, -0.1) is 4.73 Å². The molecule has 0 fully saturated rings. The normalized spacial score (nSPS) is 10.5. The Hall–Kier alpha value is -2.32. The van der Waals surface area contributed by atoms with Crippen molar-refractivity contribution in [1.29, 1.82) is 0 Å². The number of hydrogen-bond acceptors (Lipinski definition) is 6. The lowest BCUT2D eigenvalue weighted by atomic mass is 10.2. The lowest BCUT2D eigenvalue weighted by molar-refractivity contribution is 0.0515. The summed E-state index contributed by atoms with van der Waals surface area (Å²) in [4.78, 5) is 32.7. The molecule has 0 bridgehead atoms. The molecule has 0 amide bonds. The van der Waals surface area contributed by atoms with Crippen LogP contribution in [0.1, 0.15) is 21.9 Å². The van der Waals surface area contributed by atoms with Gasteiger partial charge in [0.05, 0.1) is 6.61 Å². The first-order valence-electron chi connectivity index (χ1n) is 7.22. The largest absolute Gasteiger partial charge is 0.477 e. The molecule has 0 aliphatic carbocycles. The van der Waals surface area contributed by atoms with Gasteiger partial charge in [-0.1, -0.05) is 30.3 Å². The first kappa shape index (κ1) is 18.0. The van der Waals surface area contributed by atoms with Crippen molar-refractivity contribution in [2.75, 3.05) is 18.6 Å². The summed E-state index contributed by atoms with van der Waals surface area (Å²) >= 11 is 1.62. The van der Waals surface area contributed by atoms with Crippen LogP contribution in [0, 0.1) is 0 Å². The van der Waals surface area contributed by atoms with Crippen LogP contribution in [0.3, 0.4) is 0 Å². The molecule has 1 N–H and O–H groups in total. The van der Waals surface area contributed by atoms with Gasteiger partial charge in [-0.05, 0) is 11.8 Å². The van der Waals surface area contributed by atoms with E-state index in [0.717, 1.165) is 22.1 Å². The van der Waals surface area contributed by atoms with Crippen LogP contribution in [-0.4, -0.2) is 39.4 Å². The topological polar surface area (TPSA) is 90.7 Å². The molecule has 1 aromatic carbocycles. The molecule has 1 aromatic heterocycles. The maximum absolute atomic E-state index is 12.2. The molecule has 0 aliphatic heterocycles. The SMILES string of the molecule is CSCCOCc1nc(C(=O)O)cc(=O)n1OCc1ccccc1. The van der Waals surface area contributed by atoms with Crippen molar-refractivity contribution in [3.63, 3.8) is 0 Å². The summed E-state index contributed by atoms with van der Waals surface area (Å²) in [6.07, 6.45) is 1.95. The third-order valence-electron chi connectivity index (χ3n) is 3.03. The van der Waals surface area contributed by atoms with Crippen LogP contribution in [0.4, 0.5) is 0 Å². The van der Waals surface area contributed by atoms with Crippen molar-refractivity contribution in [2.45, 2.75) is 13.2 Å². The standard InChI is InChI=1S/C16H18N2O5S/c1-24-8-7-22-11-14-17-13(16(20)21)9-15(19)18(14)23-10-12-5-3-2-4-6-12/h2-6,9H,7-8,10-11H2,1H3,(H,20,21). The highest BCUT2D eigenvalue weighted by Crippen LogP contribution is 2.03. The minimum Gasteiger partial charge on any atom is -0.477 e. The molecule has 7 nitrogen and oxygen atoms in total. The number of carboxylic acids is 1. The van der Waals surface area contributed by atoms with Crippen molar-refractivity contribution in [3.8, 4) is 0 Å². The van der Waals surface area contributed by atoms with E-state index < -0.39 is 11.5 Å². The summed E-state index contributed by atoms with van der Waals surface area (Å²) in [7, 11) is 0. The molecule has 2 aromatic rings. The van der Waals surface area contributed by atoms with Crippen molar-refractivity contribution < 1.29 is 19.5 Å². The van der Waals surface area contributed by atoms with E-state index in [-0.39, 0.29) is 24.7 Å². The maximum Gasteiger partial charge on any atom is 0.354 e. The van der Waals surface area contributed by atoms with E-state index in [9.17, 15) is 9.59 Å². The van der Waals surface area contributed by atoms with Gasteiger partial charge in [-0.2, -0.15) is 11.8 Å². The summed E-state index contributed by atoms with van der Waals surface area (Å²) < 4.78 is 6.41. The number of aromatic nitrogens is 2. The molecular weight excluding hydrogens is 332 g/mol. The van der Waals surface area contributed by atoms with E-state index in [2.05, 4.69) is 4.98 Å². The van der Waals surface area contributed by atoms with Crippen molar-refractivity contribution >= 4 is 17.7 Å². The molecule has 8 heteroatoms. The van der Waals surface area contributed by atoms with Gasteiger partial charge in [0, 0.05) is 11.8 Å². The lowest BCUT2D eigenvalue weighted by Gasteiger charge is -2.13. The van der Waals surface area contributed by atoms with Gasteiger partial charge >= 0.3 is 5.97 Å². The number of rotatable bonds is 9. The molecule has 2 rings (SSSR count). The number of ether oxygens (including phenoxy) is 1. The fourth-order valence-corrected chi connectivity index (χ4v) is 2.16. The Kier molecular flexibility index (Phi) is 6.83. The highest BCUT2D eigenvalue weighted by molar-refractivity contribution is 7.98. The first-order valence-corrected chi connectivity index (χ1v) is 8.61. The second-order valence-corrected chi connectivity index (χ2v) is 5.79. The quantitative estimate of drug-likeness (QED) is 0.685. The second kappa shape index (κ2) is 9.09. The molecular formula is C16H18N2O5S. The van der Waals surface area contributed by atoms with Gasteiger partial charge in [-0.25, -0.2) is 9.78 Å². The van der Waals surface area contributed by atoms with Crippen LogP contribution < -0.4 is 10.4 Å². The van der Waals surface area contributed by atoms with Crippen LogP contribution >= 0.6 is 11.8 Å². The van der Waals surface area contributed by atoms with Crippen molar-refractivity contribution in [2.24, 2.45) is 0 Å². The number of aromatic carboxylic acids is 1. The minimum absolute atomic E-state index is 0.00822. The molecule has 0 unspecified atom stereocenters. The minimum atomic E-state index is -1.27. The summed E-state index contributed by atoms with van der Waals surface area (Å²) in [5.74, 6) is -0.363. The van der Waals surface area contributed by atoms with E-state index in [0.29, 0.717) is 6.61 Å². The van der Waals surface area contributed by atoms with E-state index in [1.54, 1.807) is 11.8 Å². The average Bonchev–Trinajstić information content (AvgIpc) is 2.58. The molecule has 128 valence electrons. The highest BCUT2D eigenvalue weighted by Gasteiger charge is 2.14. The Labute approximate surface area is 143 Å². The van der Waals surface area contributed by atoms with E-state index in [1.807, 2.05) is 36.6 Å². The van der Waals surface area contributed by atoms with Gasteiger partial charge in [0.15, 0.2) is 11.5 Å². The monoisotopic (exact) mass is 350 g/mol. The van der Waals surface area contributed by atoms with E-state index >= 15 is 0 Å². The predicted octanol–water partition coefficient (Wildman–Crippen LogP) is 1.45. The Bertz CT molecular complexity index is 733. The van der Waals surface area contributed by atoms with E-state index in [1.165, 1.54) is 0 Å². The molecule has 0 aliphatic rings. The molecule has 0 atom stereocenters. The number of carboxylic acid groups (broad SMARTS) is 1. The van der Waals surface area contributed by atoms with Gasteiger partial charge in [0.1, 0.15) is 13.2 Å². The summed E-state index contributed by atoms with van der Waals surface area (Å²) in [5.41, 5.74) is -0.0502. The van der Waals surface area contributed by atoms with E-state index in [4.69, 9.17) is 14.7 Å². The third-order valence-corrected chi connectivity index (χ3v) is 3.60. The fourth-order valence-electron chi connectivity index (χ4n) is 1.88.